The van der Waals surface area contributed by atoms with E-state index in [0.717, 1.165) is 0 Å². The molecule has 0 aliphatic rings. The third kappa shape index (κ3) is 4.09. The van der Waals surface area contributed by atoms with Gasteiger partial charge in [0.15, 0.2) is 9.84 Å². The minimum absolute atomic E-state index is 0.0469. The van der Waals surface area contributed by atoms with Gasteiger partial charge in [0.1, 0.15) is 11.6 Å². The molecule has 0 aliphatic carbocycles. The summed E-state index contributed by atoms with van der Waals surface area (Å²) in [7, 11) is -3.69. The van der Waals surface area contributed by atoms with Gasteiger partial charge in [0, 0.05) is 34.8 Å². The maximum atomic E-state index is 14.7. The molecular weight excluding hydrogens is 365 g/mol. The van der Waals surface area contributed by atoms with Crippen LogP contribution in [0, 0.1) is 18.2 Å². The number of hydrogen-bond acceptors (Lipinski definition) is 5. The summed E-state index contributed by atoms with van der Waals surface area (Å²) in [6, 6.07) is 11.0. The summed E-state index contributed by atoms with van der Waals surface area (Å²) in [5.74, 6) is -0.266. The average molecular weight is 383 g/mol. The van der Waals surface area contributed by atoms with Crippen molar-refractivity contribution in [2.75, 3.05) is 5.75 Å². The van der Waals surface area contributed by atoms with Crippen LogP contribution in [0.15, 0.2) is 59.8 Å². The summed E-state index contributed by atoms with van der Waals surface area (Å²) in [6.07, 6.45) is 3.09. The van der Waals surface area contributed by atoms with Gasteiger partial charge in [0.2, 0.25) is 0 Å². The number of sulfone groups is 1. The van der Waals surface area contributed by atoms with Crippen molar-refractivity contribution in [1.82, 2.24) is 9.97 Å². The highest BCUT2D eigenvalue weighted by molar-refractivity contribution is 7.92. The first-order chi connectivity index (χ1) is 12.8. The summed E-state index contributed by atoms with van der Waals surface area (Å²) in [4.78, 5) is 8.23. The number of aryl methyl sites for hydroxylation is 1. The number of halogens is 1. The molecule has 0 amide bonds. The number of hydrogen-bond donors (Lipinski definition) is 1. The topological polar surface area (TPSA) is 83.8 Å². The summed E-state index contributed by atoms with van der Waals surface area (Å²) in [5, 5.41) is 7.50. The van der Waals surface area contributed by atoms with Crippen LogP contribution < -0.4 is 0 Å². The van der Waals surface area contributed by atoms with Crippen LogP contribution in [0.2, 0.25) is 0 Å². The van der Waals surface area contributed by atoms with E-state index in [0.29, 0.717) is 28.1 Å². The molecule has 0 aliphatic heterocycles. The van der Waals surface area contributed by atoms with E-state index >= 15 is 0 Å². The Bertz CT molecular complexity index is 1110. The predicted octanol–water partition coefficient (Wildman–Crippen LogP) is 4.07. The van der Waals surface area contributed by atoms with Crippen LogP contribution in [0.1, 0.15) is 12.7 Å². The van der Waals surface area contributed by atoms with Crippen molar-refractivity contribution in [3.63, 3.8) is 0 Å². The Kier molecular flexibility index (Phi) is 5.14. The zero-order chi connectivity index (χ0) is 19.6. The Hall–Kier alpha value is -2.93. The SMILES string of the molecule is CC(=N)CS(=O)(=O)c1ccccc1-c1ccc(-c2cnc(C)nc2)c(F)c1. The summed E-state index contributed by atoms with van der Waals surface area (Å²) in [6.45, 7) is 3.19. The van der Waals surface area contributed by atoms with E-state index in [9.17, 15) is 12.8 Å². The van der Waals surface area contributed by atoms with E-state index in [1.165, 1.54) is 19.1 Å². The quantitative estimate of drug-likeness (QED) is 0.673. The Morgan fingerprint density at radius 3 is 2.33 bits per heavy atom. The minimum atomic E-state index is -3.69. The van der Waals surface area contributed by atoms with E-state index in [-0.39, 0.29) is 16.4 Å². The van der Waals surface area contributed by atoms with Gasteiger partial charge in [-0.25, -0.2) is 22.8 Å². The molecule has 0 radical (unpaired) electrons. The molecule has 27 heavy (non-hydrogen) atoms. The van der Waals surface area contributed by atoms with Crippen molar-refractivity contribution < 1.29 is 12.8 Å². The fraction of sp³-hybridized carbons (Fsp3) is 0.150. The first-order valence-corrected chi connectivity index (χ1v) is 9.88. The van der Waals surface area contributed by atoms with E-state index in [1.807, 2.05) is 0 Å². The molecular formula is C20H18FN3O2S. The van der Waals surface area contributed by atoms with Crippen molar-refractivity contribution in [1.29, 1.82) is 5.41 Å². The molecule has 0 saturated carbocycles. The third-order valence-corrected chi connectivity index (χ3v) is 5.84. The smallest absolute Gasteiger partial charge is 0.184 e. The van der Waals surface area contributed by atoms with Gasteiger partial charge in [-0.05, 0) is 31.5 Å². The molecule has 3 aromatic rings. The van der Waals surface area contributed by atoms with Gasteiger partial charge in [-0.2, -0.15) is 0 Å². The zero-order valence-electron chi connectivity index (χ0n) is 14.9. The number of nitrogens with one attached hydrogen (secondary N) is 1. The molecule has 0 bridgehead atoms. The molecule has 1 aromatic heterocycles. The molecule has 1 N–H and O–H groups in total. The van der Waals surface area contributed by atoms with Crippen molar-refractivity contribution >= 4 is 15.5 Å². The highest BCUT2D eigenvalue weighted by Crippen LogP contribution is 2.31. The molecule has 1 heterocycles. The number of aromatic nitrogens is 2. The predicted molar refractivity (Wildman–Crippen MR) is 103 cm³/mol. The number of rotatable bonds is 5. The second-order valence-corrected chi connectivity index (χ2v) is 8.21. The average Bonchev–Trinajstić information content (AvgIpc) is 2.61. The van der Waals surface area contributed by atoms with Gasteiger partial charge in [-0.15, -0.1) is 0 Å². The molecule has 2 aromatic carbocycles. The van der Waals surface area contributed by atoms with Crippen molar-refractivity contribution in [3.8, 4) is 22.3 Å². The van der Waals surface area contributed by atoms with Crippen molar-refractivity contribution in [2.24, 2.45) is 0 Å². The molecule has 138 valence electrons. The fourth-order valence-electron chi connectivity index (χ4n) is 2.79. The molecule has 7 heteroatoms. The number of benzene rings is 2. The van der Waals surface area contributed by atoms with Gasteiger partial charge in [-0.3, -0.25) is 0 Å². The van der Waals surface area contributed by atoms with Crippen LogP contribution in [0.4, 0.5) is 4.39 Å². The lowest BCUT2D eigenvalue weighted by molar-refractivity contribution is 0.600. The molecule has 0 fully saturated rings. The molecule has 0 spiro atoms. The van der Waals surface area contributed by atoms with Crippen molar-refractivity contribution in [3.05, 3.63) is 66.5 Å². The largest absolute Gasteiger partial charge is 0.309 e. The maximum absolute atomic E-state index is 14.7. The Morgan fingerprint density at radius 2 is 1.70 bits per heavy atom. The second kappa shape index (κ2) is 7.36. The normalized spacial score (nSPS) is 11.4. The monoisotopic (exact) mass is 383 g/mol. The Balaban J connectivity index is 2.07. The highest BCUT2D eigenvalue weighted by Gasteiger charge is 2.20. The van der Waals surface area contributed by atoms with E-state index in [1.54, 1.807) is 49.6 Å². The molecule has 5 nitrogen and oxygen atoms in total. The van der Waals surface area contributed by atoms with E-state index in [2.05, 4.69) is 9.97 Å². The molecule has 0 unspecified atom stereocenters. The lowest BCUT2D eigenvalue weighted by atomic mass is 10.0. The second-order valence-electron chi connectivity index (χ2n) is 6.25. The van der Waals surface area contributed by atoms with E-state index in [4.69, 9.17) is 5.41 Å². The summed E-state index contributed by atoms with van der Waals surface area (Å²) >= 11 is 0. The van der Waals surface area contributed by atoms with Crippen LogP contribution in [0.5, 0.6) is 0 Å². The lowest BCUT2D eigenvalue weighted by Crippen LogP contribution is -2.13. The zero-order valence-corrected chi connectivity index (χ0v) is 15.7. The lowest BCUT2D eigenvalue weighted by Gasteiger charge is -2.12. The summed E-state index contributed by atoms with van der Waals surface area (Å²) in [5.41, 5.74) is 1.79. The van der Waals surface area contributed by atoms with Crippen LogP contribution in [0.3, 0.4) is 0 Å². The van der Waals surface area contributed by atoms with Crippen LogP contribution in [-0.2, 0) is 9.84 Å². The van der Waals surface area contributed by atoms with E-state index < -0.39 is 15.7 Å². The van der Waals surface area contributed by atoms with Gasteiger partial charge >= 0.3 is 0 Å². The van der Waals surface area contributed by atoms with Crippen molar-refractivity contribution in [2.45, 2.75) is 18.7 Å². The maximum Gasteiger partial charge on any atom is 0.184 e. The summed E-state index contributed by atoms with van der Waals surface area (Å²) < 4.78 is 39.9. The highest BCUT2D eigenvalue weighted by atomic mass is 32.2. The van der Waals surface area contributed by atoms with Gasteiger partial charge in [0.25, 0.3) is 0 Å². The Labute approximate surface area is 157 Å². The first kappa shape index (κ1) is 18.8. The standard InChI is InChI=1S/C20H18FN3O2S/c1-13(22)12-27(25,26)20-6-4-3-5-18(20)15-7-8-17(19(21)9-15)16-10-23-14(2)24-11-16/h3-11,22H,12H2,1-2H3. The third-order valence-electron chi connectivity index (χ3n) is 4.00. The van der Waals surface area contributed by atoms with Gasteiger partial charge < -0.3 is 5.41 Å². The first-order valence-electron chi connectivity index (χ1n) is 8.23. The van der Waals surface area contributed by atoms with Gasteiger partial charge in [-0.1, -0.05) is 30.3 Å². The van der Waals surface area contributed by atoms with Crippen LogP contribution in [0.25, 0.3) is 22.3 Å². The fourth-order valence-corrected chi connectivity index (χ4v) is 4.32. The van der Waals surface area contributed by atoms with Crippen LogP contribution in [-0.4, -0.2) is 29.9 Å². The minimum Gasteiger partial charge on any atom is -0.309 e. The molecule has 3 rings (SSSR count). The number of nitrogens with zero attached hydrogens (tertiary/aromatic N) is 2. The Morgan fingerprint density at radius 1 is 1.04 bits per heavy atom. The molecule has 0 atom stereocenters. The molecule has 0 saturated heterocycles. The van der Waals surface area contributed by atoms with Crippen LogP contribution >= 0.6 is 0 Å². The van der Waals surface area contributed by atoms with Gasteiger partial charge in [0.05, 0.1) is 10.6 Å².